The molecule has 5 nitrogen and oxygen atoms in total. The van der Waals surface area contributed by atoms with Gasteiger partial charge >= 0.3 is 0 Å². The molecule has 0 aliphatic heterocycles. The van der Waals surface area contributed by atoms with E-state index in [0.717, 1.165) is 35.7 Å². The molecule has 6 heteroatoms. The van der Waals surface area contributed by atoms with Crippen molar-refractivity contribution in [1.82, 2.24) is 15.2 Å². The lowest BCUT2D eigenvalue weighted by atomic mass is 10.1. The maximum Gasteiger partial charge on any atom is 0.253 e. The van der Waals surface area contributed by atoms with Gasteiger partial charge in [-0.3, -0.25) is 4.79 Å². The highest BCUT2D eigenvalue weighted by atomic mass is 32.1. The van der Waals surface area contributed by atoms with Crippen LogP contribution in [0.15, 0.2) is 29.1 Å². The molecule has 1 aromatic carbocycles. The van der Waals surface area contributed by atoms with Crippen molar-refractivity contribution in [2.75, 3.05) is 20.3 Å². The Bertz CT molecular complexity index is 843. The summed E-state index contributed by atoms with van der Waals surface area (Å²) in [5, 5.41) is 5.06. The average molecular weight is 388 g/mol. The quantitative estimate of drug-likeness (QED) is 0.564. The van der Waals surface area contributed by atoms with E-state index in [1.165, 1.54) is 18.4 Å². The van der Waals surface area contributed by atoms with E-state index in [4.69, 9.17) is 17.0 Å². The molecule has 1 saturated carbocycles. The Balaban J connectivity index is 1.86. The van der Waals surface area contributed by atoms with Crippen LogP contribution in [-0.4, -0.2) is 41.3 Å². The number of nitrogens with one attached hydrogen (secondary N) is 2. The predicted octanol–water partition coefficient (Wildman–Crippen LogP) is 3.36. The minimum atomic E-state index is -0.0329. The first-order valence-corrected chi connectivity index (χ1v) is 10.2. The number of H-pyrrole nitrogens is 1. The van der Waals surface area contributed by atoms with E-state index in [0.29, 0.717) is 30.9 Å². The van der Waals surface area contributed by atoms with Crippen molar-refractivity contribution in [2.24, 2.45) is 0 Å². The number of methoxy groups -OCH3 is 1. The summed E-state index contributed by atoms with van der Waals surface area (Å²) in [4.78, 5) is 17.9. The van der Waals surface area contributed by atoms with Crippen LogP contribution in [0.1, 0.15) is 43.7 Å². The number of aromatic amines is 1. The summed E-state index contributed by atoms with van der Waals surface area (Å²) in [5.41, 5.74) is 2.88. The Hall–Kier alpha value is -1.92. The van der Waals surface area contributed by atoms with Gasteiger partial charge in [0.2, 0.25) is 0 Å². The van der Waals surface area contributed by atoms with Gasteiger partial charge in [-0.15, -0.1) is 0 Å². The van der Waals surface area contributed by atoms with E-state index in [1.54, 1.807) is 7.11 Å². The maximum atomic E-state index is 12.7. The van der Waals surface area contributed by atoms with Crippen molar-refractivity contribution < 1.29 is 4.74 Å². The molecule has 0 unspecified atom stereocenters. The van der Waals surface area contributed by atoms with Crippen LogP contribution in [0.5, 0.6) is 0 Å². The van der Waals surface area contributed by atoms with Gasteiger partial charge in [-0.05, 0) is 60.6 Å². The van der Waals surface area contributed by atoms with Crippen molar-refractivity contribution in [3.8, 4) is 0 Å². The summed E-state index contributed by atoms with van der Waals surface area (Å²) < 4.78 is 5.11. The molecule has 0 amide bonds. The van der Waals surface area contributed by atoms with E-state index < -0.39 is 0 Å². The molecule has 1 aliphatic carbocycles. The topological polar surface area (TPSA) is 57.4 Å². The second kappa shape index (κ2) is 9.33. The van der Waals surface area contributed by atoms with E-state index in [2.05, 4.69) is 34.3 Å². The number of nitrogens with zero attached hydrogens (tertiary/aromatic N) is 1. The van der Waals surface area contributed by atoms with E-state index in [9.17, 15) is 4.79 Å². The molecule has 2 aromatic rings. The second-order valence-corrected chi connectivity index (χ2v) is 7.58. The summed E-state index contributed by atoms with van der Waals surface area (Å²) in [6, 6.07) is 8.63. The summed E-state index contributed by atoms with van der Waals surface area (Å²) >= 11 is 5.65. The summed E-state index contributed by atoms with van der Waals surface area (Å²) in [7, 11) is 1.68. The first-order chi connectivity index (χ1) is 13.1. The molecule has 1 heterocycles. The SMILES string of the molecule is CCc1ccc2[nH]c(=O)c(CN(C(=S)NCCOC)C3CCCC3)cc2c1. The molecule has 1 aromatic heterocycles. The van der Waals surface area contributed by atoms with Gasteiger partial charge in [0.1, 0.15) is 0 Å². The highest BCUT2D eigenvalue weighted by Gasteiger charge is 2.25. The number of aromatic nitrogens is 1. The maximum absolute atomic E-state index is 12.7. The molecule has 0 atom stereocenters. The zero-order valence-electron chi connectivity index (χ0n) is 16.2. The highest BCUT2D eigenvalue weighted by molar-refractivity contribution is 7.80. The molecule has 1 aliphatic rings. The van der Waals surface area contributed by atoms with Crippen molar-refractivity contribution in [3.05, 3.63) is 45.7 Å². The van der Waals surface area contributed by atoms with Crippen molar-refractivity contribution in [3.63, 3.8) is 0 Å². The van der Waals surface area contributed by atoms with Crippen LogP contribution >= 0.6 is 12.2 Å². The smallest absolute Gasteiger partial charge is 0.253 e. The molecule has 0 saturated heterocycles. The van der Waals surface area contributed by atoms with Crippen molar-refractivity contribution in [2.45, 2.75) is 51.6 Å². The van der Waals surface area contributed by atoms with Crippen LogP contribution in [0.2, 0.25) is 0 Å². The number of hydrogen-bond acceptors (Lipinski definition) is 3. The lowest BCUT2D eigenvalue weighted by molar-refractivity contribution is 0.201. The van der Waals surface area contributed by atoms with Crippen LogP contribution in [0.4, 0.5) is 0 Å². The lowest BCUT2D eigenvalue weighted by Crippen LogP contribution is -2.46. The number of ether oxygens (including phenoxy) is 1. The molecule has 0 radical (unpaired) electrons. The number of thiocarbonyl (C=S) groups is 1. The zero-order valence-corrected chi connectivity index (χ0v) is 17.0. The number of rotatable bonds is 7. The second-order valence-electron chi connectivity index (χ2n) is 7.19. The molecule has 2 N–H and O–H groups in total. The van der Waals surface area contributed by atoms with E-state index in [1.807, 2.05) is 12.1 Å². The van der Waals surface area contributed by atoms with E-state index >= 15 is 0 Å². The Morgan fingerprint density at radius 2 is 2.11 bits per heavy atom. The van der Waals surface area contributed by atoms with Gasteiger partial charge in [-0.25, -0.2) is 0 Å². The van der Waals surface area contributed by atoms with Gasteiger partial charge in [0.05, 0.1) is 13.2 Å². The molecular formula is C21H29N3O2S. The first kappa shape index (κ1) is 19.8. The molecule has 0 spiro atoms. The third kappa shape index (κ3) is 4.87. The highest BCUT2D eigenvalue weighted by Crippen LogP contribution is 2.25. The van der Waals surface area contributed by atoms with Crippen molar-refractivity contribution in [1.29, 1.82) is 0 Å². The number of aryl methyl sites for hydroxylation is 1. The third-order valence-corrected chi connectivity index (χ3v) is 5.72. The zero-order chi connectivity index (χ0) is 19.2. The summed E-state index contributed by atoms with van der Waals surface area (Å²) in [5.74, 6) is 0. The Morgan fingerprint density at radius 3 is 2.81 bits per heavy atom. The molecule has 3 rings (SSSR count). The monoisotopic (exact) mass is 387 g/mol. The largest absolute Gasteiger partial charge is 0.383 e. The fraction of sp³-hybridized carbons (Fsp3) is 0.524. The van der Waals surface area contributed by atoms with Gasteiger partial charge in [0.25, 0.3) is 5.56 Å². The lowest BCUT2D eigenvalue weighted by Gasteiger charge is -2.31. The van der Waals surface area contributed by atoms with Crippen molar-refractivity contribution >= 4 is 28.2 Å². The Labute approximate surface area is 166 Å². The number of hydrogen-bond donors (Lipinski definition) is 2. The van der Waals surface area contributed by atoms with E-state index in [-0.39, 0.29) is 5.56 Å². The molecule has 1 fully saturated rings. The predicted molar refractivity (Wildman–Crippen MR) is 114 cm³/mol. The van der Waals surface area contributed by atoms with Gasteiger partial charge in [0.15, 0.2) is 5.11 Å². The molecule has 27 heavy (non-hydrogen) atoms. The molecule has 0 bridgehead atoms. The number of fused-ring (bicyclic) bond motifs is 1. The average Bonchev–Trinajstić information content (AvgIpc) is 3.20. The van der Waals surface area contributed by atoms with Gasteiger partial charge in [-0.2, -0.15) is 0 Å². The van der Waals surface area contributed by atoms with Gasteiger partial charge < -0.3 is 19.9 Å². The van der Waals surface area contributed by atoms with Gasteiger partial charge in [0, 0.05) is 30.8 Å². The Morgan fingerprint density at radius 1 is 1.33 bits per heavy atom. The standard InChI is InChI=1S/C21H29N3O2S/c1-3-15-8-9-19-16(12-15)13-17(20(25)23-19)14-24(18-6-4-5-7-18)21(27)22-10-11-26-2/h8-9,12-13,18H,3-7,10-11,14H2,1-2H3,(H,22,27)(H,23,25). The fourth-order valence-electron chi connectivity index (χ4n) is 3.77. The van der Waals surface area contributed by atoms with Gasteiger partial charge in [-0.1, -0.05) is 25.8 Å². The molecular weight excluding hydrogens is 358 g/mol. The first-order valence-electron chi connectivity index (χ1n) is 9.80. The summed E-state index contributed by atoms with van der Waals surface area (Å²) in [6.45, 7) is 3.95. The molecule has 146 valence electrons. The Kier molecular flexibility index (Phi) is 6.85. The van der Waals surface area contributed by atoms with Crippen LogP contribution in [0.25, 0.3) is 10.9 Å². The number of pyridine rings is 1. The van der Waals surface area contributed by atoms with Crippen LogP contribution < -0.4 is 10.9 Å². The third-order valence-electron chi connectivity index (χ3n) is 5.34. The van der Waals surface area contributed by atoms with Crippen LogP contribution in [0, 0.1) is 0 Å². The van der Waals surface area contributed by atoms with Crippen LogP contribution in [0.3, 0.4) is 0 Å². The minimum absolute atomic E-state index is 0.0329. The number of benzene rings is 1. The normalized spacial score (nSPS) is 14.6. The minimum Gasteiger partial charge on any atom is -0.383 e. The fourth-order valence-corrected chi connectivity index (χ4v) is 4.08. The van der Waals surface area contributed by atoms with Crippen LogP contribution in [-0.2, 0) is 17.7 Å². The summed E-state index contributed by atoms with van der Waals surface area (Å²) in [6.07, 6.45) is 5.66.